The molecule has 1 aliphatic rings. The van der Waals surface area contributed by atoms with Gasteiger partial charge in [0, 0.05) is 29.7 Å². The first-order chi connectivity index (χ1) is 9.13. The zero-order valence-corrected chi connectivity index (χ0v) is 11.7. The van der Waals surface area contributed by atoms with Crippen molar-refractivity contribution < 1.29 is 9.18 Å². The molecule has 0 radical (unpaired) electrons. The minimum atomic E-state index is -0.412. The third-order valence-electron chi connectivity index (χ3n) is 3.53. The van der Waals surface area contributed by atoms with E-state index < -0.39 is 5.82 Å². The molecule has 0 unspecified atom stereocenters. The van der Waals surface area contributed by atoms with Crippen LogP contribution in [0.1, 0.15) is 18.4 Å². The SMILES string of the molecule is CNC[C@@H]1CCCN1C(=O)Cc1c(F)cccc1Cl. The standard InChI is InChI=1S/C14H18ClFN2O/c1-17-9-10-4-3-7-18(10)14(19)8-11-12(15)5-2-6-13(11)16/h2,5-6,10,17H,3-4,7-9H2,1H3/t10-/m0/s1. The molecule has 0 spiro atoms. The molecule has 19 heavy (non-hydrogen) atoms. The van der Waals surface area contributed by atoms with E-state index in [0.29, 0.717) is 10.6 Å². The van der Waals surface area contributed by atoms with Gasteiger partial charge in [0.05, 0.1) is 6.42 Å². The molecule has 5 heteroatoms. The first kappa shape index (κ1) is 14.3. The summed E-state index contributed by atoms with van der Waals surface area (Å²) in [5.74, 6) is -0.463. The summed E-state index contributed by atoms with van der Waals surface area (Å²) in [7, 11) is 1.87. The largest absolute Gasteiger partial charge is 0.338 e. The van der Waals surface area contributed by atoms with Crippen LogP contribution in [0.3, 0.4) is 0 Å². The van der Waals surface area contributed by atoms with Crippen molar-refractivity contribution in [3.8, 4) is 0 Å². The lowest BCUT2D eigenvalue weighted by molar-refractivity contribution is -0.131. The van der Waals surface area contributed by atoms with E-state index in [-0.39, 0.29) is 18.4 Å². The third kappa shape index (κ3) is 3.25. The number of rotatable bonds is 4. The van der Waals surface area contributed by atoms with Crippen molar-refractivity contribution in [1.29, 1.82) is 0 Å². The van der Waals surface area contributed by atoms with Crippen LogP contribution in [0.5, 0.6) is 0 Å². The van der Waals surface area contributed by atoms with Crippen LogP contribution in [-0.2, 0) is 11.2 Å². The highest BCUT2D eigenvalue weighted by molar-refractivity contribution is 6.31. The predicted molar refractivity (Wildman–Crippen MR) is 73.8 cm³/mol. The van der Waals surface area contributed by atoms with E-state index in [1.165, 1.54) is 6.07 Å². The van der Waals surface area contributed by atoms with E-state index in [0.717, 1.165) is 25.9 Å². The summed E-state index contributed by atoms with van der Waals surface area (Å²) < 4.78 is 13.7. The van der Waals surface area contributed by atoms with Crippen LogP contribution in [0.2, 0.25) is 5.02 Å². The molecule has 0 saturated carbocycles. The number of nitrogens with zero attached hydrogens (tertiary/aromatic N) is 1. The number of carbonyl (C=O) groups is 1. The van der Waals surface area contributed by atoms with Crippen LogP contribution < -0.4 is 5.32 Å². The molecule has 1 N–H and O–H groups in total. The summed E-state index contributed by atoms with van der Waals surface area (Å²) in [6.45, 7) is 1.52. The van der Waals surface area contributed by atoms with Crippen LogP contribution in [-0.4, -0.2) is 37.0 Å². The fourth-order valence-corrected chi connectivity index (χ4v) is 2.80. The molecule has 1 aromatic carbocycles. The highest BCUT2D eigenvalue weighted by Crippen LogP contribution is 2.23. The van der Waals surface area contributed by atoms with Gasteiger partial charge < -0.3 is 10.2 Å². The van der Waals surface area contributed by atoms with E-state index in [9.17, 15) is 9.18 Å². The maximum atomic E-state index is 13.7. The van der Waals surface area contributed by atoms with Gasteiger partial charge in [-0.05, 0) is 32.0 Å². The number of likely N-dealkylation sites (N-methyl/N-ethyl adjacent to an activating group) is 1. The van der Waals surface area contributed by atoms with Gasteiger partial charge in [0.1, 0.15) is 5.82 Å². The van der Waals surface area contributed by atoms with Crippen molar-refractivity contribution in [1.82, 2.24) is 10.2 Å². The van der Waals surface area contributed by atoms with E-state index in [4.69, 9.17) is 11.6 Å². The number of likely N-dealkylation sites (tertiary alicyclic amines) is 1. The number of nitrogens with one attached hydrogen (secondary N) is 1. The topological polar surface area (TPSA) is 32.3 Å². The van der Waals surface area contributed by atoms with E-state index in [2.05, 4.69) is 5.32 Å². The van der Waals surface area contributed by atoms with Crippen LogP contribution in [0.25, 0.3) is 0 Å². The van der Waals surface area contributed by atoms with Crippen LogP contribution in [0, 0.1) is 5.82 Å². The molecule has 0 bridgehead atoms. The van der Waals surface area contributed by atoms with Crippen molar-refractivity contribution in [3.63, 3.8) is 0 Å². The Morgan fingerprint density at radius 2 is 2.37 bits per heavy atom. The second kappa shape index (κ2) is 6.35. The molecule has 3 nitrogen and oxygen atoms in total. The molecule has 0 aromatic heterocycles. The fourth-order valence-electron chi connectivity index (χ4n) is 2.57. The van der Waals surface area contributed by atoms with Crippen LogP contribution in [0.4, 0.5) is 4.39 Å². The van der Waals surface area contributed by atoms with Crippen LogP contribution >= 0.6 is 11.6 Å². The predicted octanol–water partition coefficient (Wildman–Crippen LogP) is 2.23. The summed E-state index contributed by atoms with van der Waals surface area (Å²) in [4.78, 5) is 14.1. The summed E-state index contributed by atoms with van der Waals surface area (Å²) >= 11 is 5.95. The number of carbonyl (C=O) groups excluding carboxylic acids is 1. The Morgan fingerprint density at radius 1 is 1.58 bits per heavy atom. The molecule has 1 aliphatic heterocycles. The zero-order valence-electron chi connectivity index (χ0n) is 11.0. The molecule has 0 aliphatic carbocycles. The van der Waals surface area contributed by atoms with Crippen molar-refractivity contribution in [2.75, 3.05) is 20.1 Å². The normalized spacial score (nSPS) is 18.9. The van der Waals surface area contributed by atoms with Gasteiger partial charge in [0.25, 0.3) is 0 Å². The summed E-state index contributed by atoms with van der Waals surface area (Å²) in [5.41, 5.74) is 0.296. The lowest BCUT2D eigenvalue weighted by Gasteiger charge is -2.24. The minimum absolute atomic E-state index is 0.0335. The van der Waals surface area contributed by atoms with Crippen molar-refractivity contribution in [2.24, 2.45) is 0 Å². The lowest BCUT2D eigenvalue weighted by atomic mass is 10.1. The van der Waals surface area contributed by atoms with Crippen molar-refractivity contribution >= 4 is 17.5 Å². The Bertz CT molecular complexity index is 447. The number of amides is 1. The molecular formula is C14H18ClFN2O. The fraction of sp³-hybridized carbons (Fsp3) is 0.500. The van der Waals surface area contributed by atoms with Gasteiger partial charge in [-0.15, -0.1) is 0 Å². The summed E-state index contributed by atoms with van der Waals surface area (Å²) in [6, 6.07) is 4.71. The Balaban J connectivity index is 2.08. The molecule has 1 saturated heterocycles. The second-order valence-corrected chi connectivity index (χ2v) is 5.23. The molecule has 2 rings (SSSR count). The first-order valence-corrected chi connectivity index (χ1v) is 6.88. The molecule has 1 heterocycles. The maximum Gasteiger partial charge on any atom is 0.227 e. The van der Waals surface area contributed by atoms with Crippen molar-refractivity contribution in [3.05, 3.63) is 34.6 Å². The maximum absolute atomic E-state index is 13.7. The smallest absolute Gasteiger partial charge is 0.227 e. The monoisotopic (exact) mass is 284 g/mol. The molecular weight excluding hydrogens is 267 g/mol. The molecule has 1 aromatic rings. The average molecular weight is 285 g/mol. The van der Waals surface area contributed by atoms with Crippen LogP contribution in [0.15, 0.2) is 18.2 Å². The number of halogens is 2. The van der Waals surface area contributed by atoms with Gasteiger partial charge in [-0.3, -0.25) is 4.79 Å². The average Bonchev–Trinajstić information content (AvgIpc) is 2.83. The van der Waals surface area contributed by atoms with E-state index >= 15 is 0 Å². The molecule has 1 atom stereocenters. The molecule has 1 fully saturated rings. The zero-order chi connectivity index (χ0) is 13.8. The van der Waals surface area contributed by atoms with E-state index in [1.807, 2.05) is 11.9 Å². The first-order valence-electron chi connectivity index (χ1n) is 6.50. The van der Waals surface area contributed by atoms with Gasteiger partial charge in [-0.1, -0.05) is 17.7 Å². The number of benzene rings is 1. The van der Waals surface area contributed by atoms with Gasteiger partial charge in [0.15, 0.2) is 0 Å². The van der Waals surface area contributed by atoms with Gasteiger partial charge in [-0.2, -0.15) is 0 Å². The Hall–Kier alpha value is -1.13. The second-order valence-electron chi connectivity index (χ2n) is 4.82. The minimum Gasteiger partial charge on any atom is -0.338 e. The third-order valence-corrected chi connectivity index (χ3v) is 3.88. The number of hydrogen-bond donors (Lipinski definition) is 1. The number of hydrogen-bond acceptors (Lipinski definition) is 2. The molecule has 1 amide bonds. The molecule has 104 valence electrons. The Labute approximate surface area is 117 Å². The van der Waals surface area contributed by atoms with Crippen molar-refractivity contribution in [2.45, 2.75) is 25.3 Å². The highest BCUT2D eigenvalue weighted by atomic mass is 35.5. The van der Waals surface area contributed by atoms with Gasteiger partial charge >= 0.3 is 0 Å². The summed E-state index contributed by atoms with van der Waals surface area (Å²) in [6.07, 6.45) is 2.03. The summed E-state index contributed by atoms with van der Waals surface area (Å²) in [5, 5.41) is 3.40. The highest BCUT2D eigenvalue weighted by Gasteiger charge is 2.28. The Kier molecular flexibility index (Phi) is 4.77. The van der Waals surface area contributed by atoms with E-state index in [1.54, 1.807) is 12.1 Å². The van der Waals surface area contributed by atoms with Gasteiger partial charge in [-0.25, -0.2) is 4.39 Å². The quantitative estimate of drug-likeness (QED) is 0.920. The lowest BCUT2D eigenvalue weighted by Crippen LogP contribution is -2.41. The van der Waals surface area contributed by atoms with Gasteiger partial charge in [0.2, 0.25) is 5.91 Å². The Morgan fingerprint density at radius 3 is 3.05 bits per heavy atom.